The van der Waals surface area contributed by atoms with E-state index in [1.54, 1.807) is 11.1 Å². The molecule has 0 spiro atoms. The van der Waals surface area contributed by atoms with E-state index in [1.807, 2.05) is 18.2 Å². The van der Waals surface area contributed by atoms with Gasteiger partial charge in [-0.15, -0.1) is 0 Å². The molecule has 1 aliphatic carbocycles. The van der Waals surface area contributed by atoms with Gasteiger partial charge in [0, 0.05) is 24.7 Å². The number of nitrogens with one attached hydrogen (secondary N) is 3. The van der Waals surface area contributed by atoms with Crippen LogP contribution in [0.2, 0.25) is 0 Å². The van der Waals surface area contributed by atoms with Gasteiger partial charge in [-0.05, 0) is 42.5 Å². The number of carbonyl (C=O) groups excluding carboxylic acids is 2. The largest absolute Gasteiger partial charge is 0.446 e. The van der Waals surface area contributed by atoms with Crippen LogP contribution in [0.4, 0.5) is 0 Å². The van der Waals surface area contributed by atoms with Crippen molar-refractivity contribution in [1.82, 2.24) is 26.1 Å². The highest BCUT2D eigenvalue weighted by Crippen LogP contribution is 2.39. The van der Waals surface area contributed by atoms with E-state index in [1.165, 1.54) is 6.39 Å². The summed E-state index contributed by atoms with van der Waals surface area (Å²) in [6.07, 6.45) is 5.87. The van der Waals surface area contributed by atoms with E-state index in [9.17, 15) is 9.59 Å². The summed E-state index contributed by atoms with van der Waals surface area (Å²) in [4.78, 5) is 31.3. The predicted octanol–water partition coefficient (Wildman–Crippen LogP) is 0.865. The van der Waals surface area contributed by atoms with Crippen LogP contribution in [0.25, 0.3) is 0 Å². The molecule has 5 rings (SSSR count). The summed E-state index contributed by atoms with van der Waals surface area (Å²) >= 11 is 0. The molecule has 2 unspecified atom stereocenters. The lowest BCUT2D eigenvalue weighted by atomic mass is 10.00. The van der Waals surface area contributed by atoms with Crippen LogP contribution in [0.15, 0.2) is 35.2 Å². The molecular formula is C19H21N5O3. The Kier molecular flexibility index (Phi) is 3.95. The van der Waals surface area contributed by atoms with Gasteiger partial charge in [-0.25, -0.2) is 10.4 Å². The molecule has 2 amide bonds. The van der Waals surface area contributed by atoms with Crippen LogP contribution in [-0.4, -0.2) is 40.3 Å². The second-order valence-corrected chi connectivity index (χ2v) is 7.35. The number of aromatic nitrogens is 1. The van der Waals surface area contributed by atoms with E-state index in [4.69, 9.17) is 4.42 Å². The van der Waals surface area contributed by atoms with Crippen LogP contribution < -0.4 is 16.2 Å². The fourth-order valence-corrected chi connectivity index (χ4v) is 3.83. The number of benzene rings is 1. The molecule has 8 nitrogen and oxygen atoms in total. The average Bonchev–Trinajstić information content (AvgIpc) is 3.14. The van der Waals surface area contributed by atoms with Crippen LogP contribution >= 0.6 is 0 Å². The van der Waals surface area contributed by atoms with Gasteiger partial charge in [-0.3, -0.25) is 15.0 Å². The molecule has 1 saturated heterocycles. The summed E-state index contributed by atoms with van der Waals surface area (Å²) in [7, 11) is 0. The van der Waals surface area contributed by atoms with Crippen LogP contribution in [-0.2, 0) is 11.3 Å². The van der Waals surface area contributed by atoms with Crippen molar-refractivity contribution < 1.29 is 14.0 Å². The number of hydrogen-bond acceptors (Lipinski definition) is 6. The molecule has 0 bridgehead atoms. The Labute approximate surface area is 156 Å². The van der Waals surface area contributed by atoms with Gasteiger partial charge in [0.25, 0.3) is 5.91 Å². The first-order valence-electron chi connectivity index (χ1n) is 9.31. The Morgan fingerprint density at radius 3 is 2.85 bits per heavy atom. The van der Waals surface area contributed by atoms with E-state index >= 15 is 0 Å². The lowest BCUT2D eigenvalue weighted by molar-refractivity contribution is -0.135. The van der Waals surface area contributed by atoms with Gasteiger partial charge < -0.3 is 14.6 Å². The zero-order valence-electron chi connectivity index (χ0n) is 14.8. The molecule has 0 radical (unpaired) electrons. The third kappa shape index (κ3) is 3.00. The fraction of sp³-hybridized carbons (Fsp3) is 0.421. The van der Waals surface area contributed by atoms with Gasteiger partial charge in [0.1, 0.15) is 12.1 Å². The highest BCUT2D eigenvalue weighted by molar-refractivity contribution is 5.95. The van der Waals surface area contributed by atoms with E-state index in [0.717, 1.165) is 36.9 Å². The van der Waals surface area contributed by atoms with Crippen molar-refractivity contribution in [3.8, 4) is 0 Å². The Morgan fingerprint density at radius 2 is 2.15 bits per heavy atom. The van der Waals surface area contributed by atoms with Gasteiger partial charge >= 0.3 is 0 Å². The number of fused-ring (bicyclic) bond motifs is 1. The maximum atomic E-state index is 13.1. The van der Waals surface area contributed by atoms with Crippen molar-refractivity contribution in [2.45, 2.75) is 43.9 Å². The van der Waals surface area contributed by atoms with E-state index in [2.05, 4.69) is 21.2 Å². The fourth-order valence-electron chi connectivity index (χ4n) is 3.83. The molecule has 2 fully saturated rings. The number of rotatable bonds is 4. The third-order valence-electron chi connectivity index (χ3n) is 5.40. The van der Waals surface area contributed by atoms with Crippen molar-refractivity contribution in [3.05, 3.63) is 53.2 Å². The molecule has 1 aromatic heterocycles. The molecule has 2 aliphatic heterocycles. The lowest BCUT2D eigenvalue weighted by Gasteiger charge is -2.26. The molecular weight excluding hydrogens is 346 g/mol. The maximum absolute atomic E-state index is 13.1. The summed E-state index contributed by atoms with van der Waals surface area (Å²) in [6, 6.07) is 5.37. The first-order valence-corrected chi connectivity index (χ1v) is 9.31. The number of carbonyl (C=O) groups is 2. The second-order valence-electron chi connectivity index (χ2n) is 7.35. The summed E-state index contributed by atoms with van der Waals surface area (Å²) < 4.78 is 5.54. The number of oxazole rings is 1. The molecule has 3 N–H and O–H groups in total. The molecule has 1 aromatic carbocycles. The molecule has 3 aliphatic rings. The smallest absolute Gasteiger partial charge is 0.251 e. The van der Waals surface area contributed by atoms with Crippen molar-refractivity contribution >= 4 is 11.8 Å². The van der Waals surface area contributed by atoms with Crippen LogP contribution in [0.1, 0.15) is 52.5 Å². The zero-order valence-corrected chi connectivity index (χ0v) is 14.8. The normalized spacial score (nSPS) is 24.1. The van der Waals surface area contributed by atoms with E-state index in [0.29, 0.717) is 23.9 Å². The van der Waals surface area contributed by atoms with Crippen molar-refractivity contribution in [2.75, 3.05) is 6.54 Å². The number of nitrogens with zero attached hydrogens (tertiary/aromatic N) is 2. The number of amides is 2. The Balaban J connectivity index is 1.47. The quantitative estimate of drug-likeness (QED) is 0.741. The monoisotopic (exact) mass is 367 g/mol. The topological polar surface area (TPSA) is 99.5 Å². The van der Waals surface area contributed by atoms with Crippen molar-refractivity contribution in [2.24, 2.45) is 0 Å². The van der Waals surface area contributed by atoms with E-state index < -0.39 is 0 Å². The van der Waals surface area contributed by atoms with Crippen molar-refractivity contribution in [3.63, 3.8) is 0 Å². The summed E-state index contributed by atoms with van der Waals surface area (Å²) in [5.74, 6) is 0.591. The highest BCUT2D eigenvalue weighted by atomic mass is 16.3. The molecule has 27 heavy (non-hydrogen) atoms. The zero-order chi connectivity index (χ0) is 18.4. The van der Waals surface area contributed by atoms with Crippen LogP contribution in [0.3, 0.4) is 0 Å². The Morgan fingerprint density at radius 1 is 1.26 bits per heavy atom. The van der Waals surface area contributed by atoms with Gasteiger partial charge in [0.05, 0.1) is 6.20 Å². The van der Waals surface area contributed by atoms with E-state index in [-0.39, 0.29) is 23.9 Å². The van der Waals surface area contributed by atoms with Gasteiger partial charge in [0.2, 0.25) is 5.91 Å². The summed E-state index contributed by atoms with van der Waals surface area (Å²) in [5, 5.41) is 3.01. The molecule has 8 heteroatoms. The Bertz CT molecular complexity index is 871. The van der Waals surface area contributed by atoms with Gasteiger partial charge in [-0.1, -0.05) is 6.07 Å². The third-order valence-corrected chi connectivity index (χ3v) is 5.40. The SMILES string of the molecule is O=C(NC1CC1)c1ccc2c(c1)CN(C(=O)C1CCNN1)C2c1cnco1. The van der Waals surface area contributed by atoms with Gasteiger partial charge in [0.15, 0.2) is 12.2 Å². The summed E-state index contributed by atoms with van der Waals surface area (Å²) in [5.41, 5.74) is 8.63. The predicted molar refractivity (Wildman–Crippen MR) is 95.4 cm³/mol. The second kappa shape index (κ2) is 6.47. The standard InChI is InChI=1S/C19H21N5O3/c25-18(22-13-2-3-13)11-1-4-14-12(7-11)9-24(17(14)16-8-20-10-27-16)19(26)15-5-6-21-23-15/h1,4,7-8,10,13,15,17,21,23H,2-3,5-6,9H2,(H,22,25). The molecule has 140 valence electrons. The maximum Gasteiger partial charge on any atom is 0.251 e. The first kappa shape index (κ1) is 16.5. The van der Waals surface area contributed by atoms with Gasteiger partial charge in [-0.2, -0.15) is 0 Å². The highest BCUT2D eigenvalue weighted by Gasteiger charge is 2.40. The summed E-state index contributed by atoms with van der Waals surface area (Å²) in [6.45, 7) is 1.21. The molecule has 2 atom stereocenters. The number of hydrogen-bond donors (Lipinski definition) is 3. The number of hydrazine groups is 1. The lowest BCUT2D eigenvalue weighted by Crippen LogP contribution is -2.45. The molecule has 1 saturated carbocycles. The minimum Gasteiger partial charge on any atom is -0.446 e. The molecule has 2 aromatic rings. The van der Waals surface area contributed by atoms with Crippen molar-refractivity contribution in [1.29, 1.82) is 0 Å². The first-order chi connectivity index (χ1) is 13.2. The molecule has 3 heterocycles. The minimum absolute atomic E-state index is 0.0154. The minimum atomic E-state index is -0.321. The van der Waals surface area contributed by atoms with Crippen LogP contribution in [0.5, 0.6) is 0 Å². The average molecular weight is 367 g/mol. The van der Waals surface area contributed by atoms with Crippen LogP contribution in [0, 0.1) is 0 Å². The Hall–Kier alpha value is -2.71.